The smallest absolute Gasteiger partial charge is 0.269 e. The number of fused-ring (bicyclic) bond motifs is 2. The Kier molecular flexibility index (Phi) is 5.12. The van der Waals surface area contributed by atoms with Crippen LogP contribution in [0.2, 0.25) is 0 Å². The van der Waals surface area contributed by atoms with Crippen LogP contribution in [-0.4, -0.2) is 50.1 Å². The van der Waals surface area contributed by atoms with Crippen molar-refractivity contribution in [3.8, 4) is 17.0 Å². The van der Waals surface area contributed by atoms with Crippen molar-refractivity contribution in [2.24, 2.45) is 0 Å². The summed E-state index contributed by atoms with van der Waals surface area (Å²) in [4.78, 5) is 20.9. The molecule has 2 N–H and O–H groups in total. The van der Waals surface area contributed by atoms with Gasteiger partial charge in [0.05, 0.1) is 25.1 Å². The number of hydrogen-bond acceptors (Lipinski definition) is 6. The van der Waals surface area contributed by atoms with Crippen LogP contribution in [0.3, 0.4) is 0 Å². The molecule has 1 aliphatic rings. The van der Waals surface area contributed by atoms with Crippen LogP contribution in [0, 0.1) is 5.82 Å². The maximum Gasteiger partial charge on any atom is 0.269 e. The predicted octanol–water partition coefficient (Wildman–Crippen LogP) is 3.30. The molecule has 0 spiro atoms. The number of amides is 1. The van der Waals surface area contributed by atoms with Gasteiger partial charge in [0, 0.05) is 24.8 Å². The number of anilines is 1. The summed E-state index contributed by atoms with van der Waals surface area (Å²) in [5.74, 6) is -0.0613. The highest BCUT2D eigenvalue weighted by atomic mass is 19.1. The number of imidazole rings is 1. The van der Waals surface area contributed by atoms with Gasteiger partial charge < -0.3 is 15.4 Å². The lowest BCUT2D eigenvalue weighted by Gasteiger charge is -2.22. The highest BCUT2D eigenvalue weighted by molar-refractivity contribution is 5.93. The summed E-state index contributed by atoms with van der Waals surface area (Å²) in [6.07, 6.45) is 10.2. The largest absolute Gasteiger partial charge is 0.479 e. The van der Waals surface area contributed by atoms with Gasteiger partial charge in [0.1, 0.15) is 16.9 Å². The lowest BCUT2D eigenvalue weighted by molar-refractivity contribution is 0.0957. The third kappa shape index (κ3) is 3.41. The Balaban J connectivity index is 1.61. The van der Waals surface area contributed by atoms with E-state index in [4.69, 9.17) is 4.74 Å². The fourth-order valence-electron chi connectivity index (χ4n) is 4.35. The van der Waals surface area contributed by atoms with Gasteiger partial charge in [-0.15, -0.1) is 5.10 Å². The molecule has 1 amide bonds. The van der Waals surface area contributed by atoms with Crippen LogP contribution in [0.5, 0.6) is 5.88 Å². The molecule has 0 radical (unpaired) electrons. The third-order valence-corrected chi connectivity index (χ3v) is 5.94. The molecule has 0 aromatic carbocycles. The molecule has 5 rings (SSSR count). The van der Waals surface area contributed by atoms with E-state index in [0.717, 1.165) is 12.8 Å². The van der Waals surface area contributed by atoms with Crippen molar-refractivity contribution in [1.29, 1.82) is 0 Å². The first-order valence-corrected chi connectivity index (χ1v) is 10.7. The first kappa shape index (κ1) is 20.2. The molecular weight excluding hydrogens is 413 g/mol. The molecule has 0 aliphatic heterocycles. The zero-order chi connectivity index (χ0) is 22.2. The van der Waals surface area contributed by atoms with Crippen LogP contribution in [0.15, 0.2) is 30.7 Å². The summed E-state index contributed by atoms with van der Waals surface area (Å²) in [5, 5.41) is 10.4. The maximum absolute atomic E-state index is 15.2. The monoisotopic (exact) mass is 437 g/mol. The topological polar surface area (TPSA) is 97.9 Å². The molecule has 9 nitrogen and oxygen atoms in total. The summed E-state index contributed by atoms with van der Waals surface area (Å²) >= 11 is 0. The molecule has 1 aliphatic carbocycles. The van der Waals surface area contributed by atoms with E-state index in [1.807, 2.05) is 0 Å². The number of ether oxygens (including phenoxy) is 1. The number of hydrogen-bond donors (Lipinski definition) is 2. The summed E-state index contributed by atoms with van der Waals surface area (Å²) < 4.78 is 23.8. The van der Waals surface area contributed by atoms with Gasteiger partial charge in [-0.05, 0) is 25.0 Å². The lowest BCUT2D eigenvalue weighted by atomic mass is 9.96. The normalized spacial score (nSPS) is 14.7. The Morgan fingerprint density at radius 2 is 2.03 bits per heavy atom. The number of aromatic nitrogens is 5. The van der Waals surface area contributed by atoms with Gasteiger partial charge in [-0.2, -0.15) is 4.98 Å². The number of nitrogens with one attached hydrogen (secondary N) is 2. The summed E-state index contributed by atoms with van der Waals surface area (Å²) in [7, 11) is 3.05. The van der Waals surface area contributed by atoms with Crippen LogP contribution >= 0.6 is 0 Å². The minimum absolute atomic E-state index is 0.273. The van der Waals surface area contributed by atoms with Crippen LogP contribution in [0.1, 0.15) is 42.6 Å². The van der Waals surface area contributed by atoms with E-state index in [0.29, 0.717) is 40.0 Å². The van der Waals surface area contributed by atoms with Crippen molar-refractivity contribution >= 4 is 23.0 Å². The van der Waals surface area contributed by atoms with Gasteiger partial charge in [0.2, 0.25) is 11.8 Å². The predicted molar refractivity (Wildman–Crippen MR) is 118 cm³/mol. The number of rotatable bonds is 5. The molecular formula is C22H24FN7O2. The van der Waals surface area contributed by atoms with E-state index < -0.39 is 5.82 Å². The zero-order valence-electron chi connectivity index (χ0n) is 17.9. The number of pyridine rings is 1. The SMILES string of the molecule is CNC(=O)c1cnc2ccc(-c3c(F)cn4nc(NC5CCCCC5)nc(OC)c34)cn12. The fraction of sp³-hybridized carbons (Fsp3) is 0.364. The molecule has 1 saturated carbocycles. The highest BCUT2D eigenvalue weighted by Gasteiger charge is 2.22. The molecule has 0 unspecified atom stereocenters. The third-order valence-electron chi connectivity index (χ3n) is 5.94. The quantitative estimate of drug-likeness (QED) is 0.497. The van der Waals surface area contributed by atoms with Gasteiger partial charge >= 0.3 is 0 Å². The zero-order valence-corrected chi connectivity index (χ0v) is 17.9. The Bertz CT molecular complexity index is 1310. The second kappa shape index (κ2) is 8.10. The van der Waals surface area contributed by atoms with E-state index in [9.17, 15) is 4.79 Å². The highest BCUT2D eigenvalue weighted by Crippen LogP contribution is 2.34. The van der Waals surface area contributed by atoms with Gasteiger partial charge in [-0.3, -0.25) is 9.20 Å². The molecule has 10 heteroatoms. The van der Waals surface area contributed by atoms with E-state index in [2.05, 4.69) is 25.7 Å². The Hall–Kier alpha value is -3.69. The van der Waals surface area contributed by atoms with Crippen LogP contribution in [-0.2, 0) is 0 Å². The molecule has 0 saturated heterocycles. The molecule has 4 aromatic heterocycles. The average molecular weight is 437 g/mol. The van der Waals surface area contributed by atoms with Crippen LogP contribution < -0.4 is 15.4 Å². The van der Waals surface area contributed by atoms with Crippen LogP contribution in [0.4, 0.5) is 10.3 Å². The maximum atomic E-state index is 15.2. The second-order valence-corrected chi connectivity index (χ2v) is 7.94. The average Bonchev–Trinajstić information content (AvgIpc) is 3.38. The molecule has 4 heterocycles. The minimum atomic E-state index is -0.464. The number of carbonyl (C=O) groups is 1. The van der Waals surface area contributed by atoms with Crippen LogP contribution in [0.25, 0.3) is 22.3 Å². The number of carbonyl (C=O) groups excluding carboxylic acids is 1. The van der Waals surface area contributed by atoms with E-state index in [1.165, 1.54) is 43.3 Å². The van der Waals surface area contributed by atoms with Gasteiger partial charge in [0.25, 0.3) is 5.91 Å². The van der Waals surface area contributed by atoms with E-state index in [1.54, 1.807) is 29.8 Å². The molecule has 0 bridgehead atoms. The van der Waals surface area contributed by atoms with Crippen molar-refractivity contribution in [3.05, 3.63) is 42.2 Å². The summed E-state index contributed by atoms with van der Waals surface area (Å²) in [5.41, 5.74) is 2.20. The molecule has 32 heavy (non-hydrogen) atoms. The Morgan fingerprint density at radius 3 is 2.78 bits per heavy atom. The van der Waals surface area contributed by atoms with Gasteiger partial charge in [-0.25, -0.2) is 13.9 Å². The minimum Gasteiger partial charge on any atom is -0.479 e. The van der Waals surface area contributed by atoms with E-state index in [-0.39, 0.29) is 11.8 Å². The van der Waals surface area contributed by atoms with Crippen molar-refractivity contribution in [2.75, 3.05) is 19.5 Å². The summed E-state index contributed by atoms with van der Waals surface area (Å²) in [6, 6.07) is 3.79. The van der Waals surface area contributed by atoms with E-state index >= 15 is 4.39 Å². The van der Waals surface area contributed by atoms with Gasteiger partial charge in [0.15, 0.2) is 5.82 Å². The van der Waals surface area contributed by atoms with Crippen molar-refractivity contribution < 1.29 is 13.9 Å². The van der Waals surface area contributed by atoms with Crippen molar-refractivity contribution in [3.63, 3.8) is 0 Å². The number of methoxy groups -OCH3 is 1. The standard InChI is InChI=1S/C22H24FN7O2/c1-24-20(31)16-10-25-17-9-8-13(11-29(16)17)18-15(23)12-30-19(18)21(32-2)27-22(28-30)26-14-6-4-3-5-7-14/h8-12,14H,3-7H2,1-2H3,(H,24,31)(H,26,28). The summed E-state index contributed by atoms with van der Waals surface area (Å²) in [6.45, 7) is 0. The molecule has 0 atom stereocenters. The fourth-order valence-corrected chi connectivity index (χ4v) is 4.35. The lowest BCUT2D eigenvalue weighted by Crippen LogP contribution is -2.24. The number of nitrogens with zero attached hydrogens (tertiary/aromatic N) is 5. The first-order chi connectivity index (χ1) is 15.6. The number of halogens is 1. The molecule has 1 fully saturated rings. The van der Waals surface area contributed by atoms with Gasteiger partial charge in [-0.1, -0.05) is 19.3 Å². The van der Waals surface area contributed by atoms with Crippen molar-refractivity contribution in [2.45, 2.75) is 38.1 Å². The Labute approximate surface area is 183 Å². The van der Waals surface area contributed by atoms with Crippen molar-refractivity contribution in [1.82, 2.24) is 29.3 Å². The molecule has 166 valence electrons. The first-order valence-electron chi connectivity index (χ1n) is 10.7. The second-order valence-electron chi connectivity index (χ2n) is 7.94. The molecule has 4 aromatic rings. The Morgan fingerprint density at radius 1 is 1.22 bits per heavy atom.